The number of thioether (sulfide) groups is 1. The van der Waals surface area contributed by atoms with E-state index in [1.54, 1.807) is 19.2 Å². The van der Waals surface area contributed by atoms with E-state index in [4.69, 9.17) is 16.3 Å². The van der Waals surface area contributed by atoms with Crippen LogP contribution in [0.3, 0.4) is 0 Å². The average molecular weight is 311 g/mol. The van der Waals surface area contributed by atoms with E-state index in [1.807, 2.05) is 0 Å². The third-order valence-electron chi connectivity index (χ3n) is 1.41. The SMILES string of the molecule is CCOC(=O)CSc1ncc(Br)cc1Cl. The van der Waals surface area contributed by atoms with Gasteiger partial charge in [0, 0.05) is 10.7 Å². The number of pyridine rings is 1. The number of rotatable bonds is 4. The quantitative estimate of drug-likeness (QED) is 0.632. The van der Waals surface area contributed by atoms with Crippen molar-refractivity contribution in [2.75, 3.05) is 12.4 Å². The van der Waals surface area contributed by atoms with Gasteiger partial charge in [0.25, 0.3) is 0 Å². The fraction of sp³-hybridized carbons (Fsp3) is 0.333. The number of halogens is 2. The van der Waals surface area contributed by atoms with E-state index in [1.165, 1.54) is 11.8 Å². The Balaban J connectivity index is 2.54. The van der Waals surface area contributed by atoms with Gasteiger partial charge in [-0.15, -0.1) is 0 Å². The van der Waals surface area contributed by atoms with Gasteiger partial charge in [0.1, 0.15) is 5.03 Å². The first-order valence-corrected chi connectivity index (χ1v) is 6.38. The summed E-state index contributed by atoms with van der Waals surface area (Å²) >= 11 is 10.4. The van der Waals surface area contributed by atoms with E-state index in [-0.39, 0.29) is 11.7 Å². The Bertz CT molecular complexity index is 362. The van der Waals surface area contributed by atoms with Gasteiger partial charge >= 0.3 is 5.97 Å². The number of esters is 1. The van der Waals surface area contributed by atoms with Gasteiger partial charge in [-0.2, -0.15) is 0 Å². The van der Waals surface area contributed by atoms with Crippen LogP contribution in [-0.4, -0.2) is 23.3 Å². The summed E-state index contributed by atoms with van der Waals surface area (Å²) in [5.74, 6) is -0.0364. The van der Waals surface area contributed by atoms with Gasteiger partial charge in [0.2, 0.25) is 0 Å². The zero-order valence-electron chi connectivity index (χ0n) is 8.00. The zero-order valence-corrected chi connectivity index (χ0v) is 11.2. The van der Waals surface area contributed by atoms with Crippen LogP contribution in [0.25, 0.3) is 0 Å². The molecule has 1 aromatic rings. The van der Waals surface area contributed by atoms with Crippen LogP contribution in [0.1, 0.15) is 6.92 Å². The van der Waals surface area contributed by atoms with Crippen LogP contribution in [0, 0.1) is 0 Å². The van der Waals surface area contributed by atoms with E-state index < -0.39 is 0 Å². The molecule has 0 aliphatic heterocycles. The molecule has 3 nitrogen and oxygen atoms in total. The predicted molar refractivity (Wildman–Crippen MR) is 64.3 cm³/mol. The van der Waals surface area contributed by atoms with Crippen LogP contribution in [0.15, 0.2) is 21.8 Å². The molecule has 0 saturated carbocycles. The maximum absolute atomic E-state index is 11.1. The molecule has 0 radical (unpaired) electrons. The summed E-state index contributed by atoms with van der Waals surface area (Å²) in [4.78, 5) is 15.2. The molecule has 0 amide bonds. The van der Waals surface area contributed by atoms with Crippen LogP contribution >= 0.6 is 39.3 Å². The van der Waals surface area contributed by atoms with E-state index in [0.29, 0.717) is 16.7 Å². The van der Waals surface area contributed by atoms with Crippen molar-refractivity contribution >= 4 is 45.3 Å². The molecule has 15 heavy (non-hydrogen) atoms. The molecule has 1 rings (SSSR count). The fourth-order valence-electron chi connectivity index (χ4n) is 0.838. The lowest BCUT2D eigenvalue weighted by Gasteiger charge is -2.03. The van der Waals surface area contributed by atoms with Crippen LogP contribution < -0.4 is 0 Å². The first kappa shape index (κ1) is 12.8. The number of nitrogens with zero attached hydrogens (tertiary/aromatic N) is 1. The molecule has 0 saturated heterocycles. The zero-order chi connectivity index (χ0) is 11.3. The van der Waals surface area contributed by atoms with Gasteiger partial charge < -0.3 is 4.74 Å². The molecule has 82 valence electrons. The van der Waals surface area contributed by atoms with Crippen LogP contribution in [-0.2, 0) is 9.53 Å². The average Bonchev–Trinajstić information content (AvgIpc) is 2.17. The summed E-state index contributed by atoms with van der Waals surface area (Å²) in [6.45, 7) is 2.16. The number of aromatic nitrogens is 1. The molecule has 1 heterocycles. The van der Waals surface area contributed by atoms with Gasteiger partial charge in [-0.1, -0.05) is 23.4 Å². The molecule has 0 unspecified atom stereocenters. The van der Waals surface area contributed by atoms with Crippen molar-refractivity contribution in [2.45, 2.75) is 11.9 Å². The summed E-state index contributed by atoms with van der Waals surface area (Å²) in [6, 6.07) is 1.74. The number of carbonyl (C=O) groups excluding carboxylic acids is 1. The topological polar surface area (TPSA) is 39.2 Å². The normalized spacial score (nSPS) is 10.1. The van der Waals surface area contributed by atoms with E-state index in [0.717, 1.165) is 4.47 Å². The minimum absolute atomic E-state index is 0.224. The molecular weight excluding hydrogens is 302 g/mol. The third-order valence-corrected chi connectivity index (χ3v) is 3.22. The summed E-state index contributed by atoms with van der Waals surface area (Å²) < 4.78 is 5.60. The smallest absolute Gasteiger partial charge is 0.316 e. The highest BCUT2D eigenvalue weighted by atomic mass is 79.9. The summed E-state index contributed by atoms with van der Waals surface area (Å²) in [6.07, 6.45) is 1.64. The molecular formula is C9H9BrClNO2S. The van der Waals surface area contributed by atoms with Gasteiger partial charge in [-0.3, -0.25) is 4.79 Å². The second kappa shape index (κ2) is 6.35. The minimum Gasteiger partial charge on any atom is -0.465 e. The Labute approximate surface area is 106 Å². The summed E-state index contributed by atoms with van der Waals surface area (Å²) in [5, 5.41) is 1.16. The Kier molecular flexibility index (Phi) is 5.42. The Morgan fingerprint density at radius 1 is 1.73 bits per heavy atom. The highest BCUT2D eigenvalue weighted by Crippen LogP contribution is 2.27. The minimum atomic E-state index is -0.261. The molecule has 0 fully saturated rings. The molecule has 0 atom stereocenters. The van der Waals surface area contributed by atoms with Crippen molar-refractivity contribution in [1.82, 2.24) is 4.98 Å². The van der Waals surface area contributed by atoms with E-state index in [2.05, 4.69) is 20.9 Å². The van der Waals surface area contributed by atoms with Crippen molar-refractivity contribution in [1.29, 1.82) is 0 Å². The Morgan fingerprint density at radius 3 is 3.07 bits per heavy atom. The highest BCUT2D eigenvalue weighted by molar-refractivity contribution is 9.10. The standard InChI is InChI=1S/C9H9BrClNO2S/c1-2-14-8(13)5-15-9-7(11)3-6(10)4-12-9/h3-4H,2,5H2,1H3. The highest BCUT2D eigenvalue weighted by Gasteiger charge is 2.07. The van der Waals surface area contributed by atoms with Gasteiger partial charge in [0.05, 0.1) is 17.4 Å². The van der Waals surface area contributed by atoms with Crippen LogP contribution in [0.5, 0.6) is 0 Å². The van der Waals surface area contributed by atoms with Crippen LogP contribution in [0.2, 0.25) is 5.02 Å². The molecule has 0 spiro atoms. The molecule has 0 aliphatic carbocycles. The van der Waals surface area contributed by atoms with Crippen molar-refractivity contribution in [2.24, 2.45) is 0 Å². The summed E-state index contributed by atoms with van der Waals surface area (Å²) in [7, 11) is 0. The van der Waals surface area contributed by atoms with Crippen molar-refractivity contribution in [3.05, 3.63) is 21.8 Å². The second-order valence-electron chi connectivity index (χ2n) is 2.53. The molecule has 6 heteroatoms. The van der Waals surface area contributed by atoms with E-state index in [9.17, 15) is 4.79 Å². The lowest BCUT2D eigenvalue weighted by molar-refractivity contribution is -0.139. The lowest BCUT2D eigenvalue weighted by Crippen LogP contribution is -2.06. The first-order valence-electron chi connectivity index (χ1n) is 4.23. The summed E-state index contributed by atoms with van der Waals surface area (Å²) in [5.41, 5.74) is 0. The number of ether oxygens (including phenoxy) is 1. The third kappa shape index (κ3) is 4.40. The maximum Gasteiger partial charge on any atom is 0.316 e. The van der Waals surface area contributed by atoms with Crippen molar-refractivity contribution in [3.8, 4) is 0 Å². The second-order valence-corrected chi connectivity index (χ2v) is 4.82. The number of hydrogen-bond acceptors (Lipinski definition) is 4. The largest absolute Gasteiger partial charge is 0.465 e. The molecule has 0 N–H and O–H groups in total. The number of hydrogen-bond donors (Lipinski definition) is 0. The van der Waals surface area contributed by atoms with E-state index >= 15 is 0 Å². The van der Waals surface area contributed by atoms with Crippen molar-refractivity contribution < 1.29 is 9.53 Å². The van der Waals surface area contributed by atoms with Crippen LogP contribution in [0.4, 0.5) is 0 Å². The monoisotopic (exact) mass is 309 g/mol. The molecule has 0 aliphatic rings. The van der Waals surface area contributed by atoms with Crippen molar-refractivity contribution in [3.63, 3.8) is 0 Å². The number of carbonyl (C=O) groups is 1. The fourth-order valence-corrected chi connectivity index (χ4v) is 2.29. The molecule has 0 bridgehead atoms. The van der Waals surface area contributed by atoms with Gasteiger partial charge in [-0.25, -0.2) is 4.98 Å². The first-order chi connectivity index (χ1) is 7.13. The molecule has 1 aromatic heterocycles. The maximum atomic E-state index is 11.1. The molecule has 0 aromatic carbocycles. The lowest BCUT2D eigenvalue weighted by atomic mass is 10.5. The Hall–Kier alpha value is -0.260. The predicted octanol–water partition coefficient (Wildman–Crippen LogP) is 3.15. The van der Waals surface area contributed by atoms with Gasteiger partial charge in [0.15, 0.2) is 0 Å². The van der Waals surface area contributed by atoms with Gasteiger partial charge in [-0.05, 0) is 28.9 Å². The Morgan fingerprint density at radius 2 is 2.47 bits per heavy atom.